The van der Waals surface area contributed by atoms with E-state index in [0.717, 1.165) is 28.7 Å². The number of rotatable bonds is 8. The number of anilines is 1. The van der Waals surface area contributed by atoms with E-state index in [-0.39, 0.29) is 16.1 Å². The lowest BCUT2D eigenvalue weighted by atomic mass is 10.1. The molecule has 0 atom stereocenters. The third-order valence-electron chi connectivity index (χ3n) is 5.41. The molecule has 1 aromatic heterocycles. The molecule has 35 heavy (non-hydrogen) atoms. The van der Waals surface area contributed by atoms with Crippen molar-refractivity contribution in [2.45, 2.75) is 25.2 Å². The first kappa shape index (κ1) is 24.2. The molecule has 0 fully saturated rings. The Kier molecular flexibility index (Phi) is 6.97. The molecule has 9 heteroatoms. The summed E-state index contributed by atoms with van der Waals surface area (Å²) in [5, 5.41) is 7.29. The molecule has 1 amide bonds. The fraction of sp³-hybridized carbons (Fsp3) is 0.154. The summed E-state index contributed by atoms with van der Waals surface area (Å²) in [6.45, 7) is 4.33. The van der Waals surface area contributed by atoms with Crippen LogP contribution < -0.4 is 10.0 Å². The summed E-state index contributed by atoms with van der Waals surface area (Å²) < 4.78 is 43.3. The number of carbonyl (C=O) groups excluding carboxylic acids is 1. The van der Waals surface area contributed by atoms with Gasteiger partial charge in [-0.1, -0.05) is 30.3 Å². The molecule has 0 saturated heterocycles. The predicted molar refractivity (Wildman–Crippen MR) is 133 cm³/mol. The third kappa shape index (κ3) is 5.75. The molecule has 0 radical (unpaired) electrons. The highest BCUT2D eigenvalue weighted by atomic mass is 32.2. The third-order valence-corrected chi connectivity index (χ3v) is 6.78. The highest BCUT2D eigenvalue weighted by molar-refractivity contribution is 7.92. The summed E-state index contributed by atoms with van der Waals surface area (Å²) in [6, 6.07) is 21.0. The van der Waals surface area contributed by atoms with Crippen LogP contribution in [0.3, 0.4) is 0 Å². The number of aryl methyl sites for hydroxylation is 2. The van der Waals surface area contributed by atoms with Gasteiger partial charge in [0, 0.05) is 17.8 Å². The maximum Gasteiger partial charge on any atom is 0.262 e. The van der Waals surface area contributed by atoms with Gasteiger partial charge in [0.05, 0.1) is 22.0 Å². The van der Waals surface area contributed by atoms with E-state index in [2.05, 4.69) is 15.1 Å². The molecular formula is C26H25FN4O3S. The van der Waals surface area contributed by atoms with Crippen molar-refractivity contribution in [2.24, 2.45) is 0 Å². The van der Waals surface area contributed by atoms with E-state index in [9.17, 15) is 17.6 Å². The van der Waals surface area contributed by atoms with Crippen LogP contribution >= 0.6 is 0 Å². The Morgan fingerprint density at radius 3 is 2.40 bits per heavy atom. The average Bonchev–Trinajstić information content (AvgIpc) is 3.18. The Labute approximate surface area is 203 Å². The van der Waals surface area contributed by atoms with Gasteiger partial charge in [-0.25, -0.2) is 17.5 Å². The highest BCUT2D eigenvalue weighted by Gasteiger charge is 2.18. The van der Waals surface area contributed by atoms with Crippen LogP contribution in [0.2, 0.25) is 0 Å². The van der Waals surface area contributed by atoms with Crippen LogP contribution in [0.1, 0.15) is 27.3 Å². The van der Waals surface area contributed by atoms with Crippen molar-refractivity contribution in [3.8, 4) is 5.69 Å². The van der Waals surface area contributed by atoms with Crippen molar-refractivity contribution in [2.75, 3.05) is 11.3 Å². The average molecular weight is 493 g/mol. The number of aromatic nitrogens is 2. The summed E-state index contributed by atoms with van der Waals surface area (Å²) in [5.41, 5.74) is 4.05. The number of sulfonamides is 1. The molecule has 0 bridgehead atoms. The number of benzene rings is 3. The number of nitrogens with one attached hydrogen (secondary N) is 2. The molecule has 0 unspecified atom stereocenters. The van der Waals surface area contributed by atoms with Crippen LogP contribution in [0.25, 0.3) is 5.69 Å². The number of para-hydroxylation sites is 1. The van der Waals surface area contributed by atoms with Gasteiger partial charge in [0.15, 0.2) is 0 Å². The van der Waals surface area contributed by atoms with Gasteiger partial charge in [-0.15, -0.1) is 0 Å². The van der Waals surface area contributed by atoms with Crippen LogP contribution in [-0.4, -0.2) is 30.7 Å². The fourth-order valence-corrected chi connectivity index (χ4v) is 4.78. The Morgan fingerprint density at radius 1 is 0.971 bits per heavy atom. The SMILES string of the molecule is Cc1cc(C)n(-c2ccc(CCNC(=O)c3cccc(S(=O)(=O)Nc4ccccc4F)c3)cc2)n1. The monoisotopic (exact) mass is 492 g/mol. The summed E-state index contributed by atoms with van der Waals surface area (Å²) in [4.78, 5) is 12.5. The van der Waals surface area contributed by atoms with Gasteiger partial charge in [0.25, 0.3) is 15.9 Å². The molecule has 4 rings (SSSR count). The van der Waals surface area contributed by atoms with Crippen LogP contribution in [0.5, 0.6) is 0 Å². The number of hydrogen-bond acceptors (Lipinski definition) is 4. The lowest BCUT2D eigenvalue weighted by Crippen LogP contribution is -2.26. The molecule has 1 heterocycles. The zero-order chi connectivity index (χ0) is 25.0. The normalized spacial score (nSPS) is 11.3. The quantitative estimate of drug-likeness (QED) is 0.381. The predicted octanol–water partition coefficient (Wildman–Crippen LogP) is 4.40. The topological polar surface area (TPSA) is 93.1 Å². The highest BCUT2D eigenvalue weighted by Crippen LogP contribution is 2.20. The number of amides is 1. The van der Waals surface area contributed by atoms with Gasteiger partial charge in [0.2, 0.25) is 0 Å². The van der Waals surface area contributed by atoms with E-state index in [0.29, 0.717) is 13.0 Å². The van der Waals surface area contributed by atoms with Gasteiger partial charge in [-0.05, 0) is 74.4 Å². The molecule has 0 aliphatic rings. The minimum atomic E-state index is -4.06. The van der Waals surface area contributed by atoms with Gasteiger partial charge >= 0.3 is 0 Å². The second kappa shape index (κ2) is 10.1. The first-order chi connectivity index (χ1) is 16.7. The fourth-order valence-electron chi connectivity index (χ4n) is 3.67. The molecule has 180 valence electrons. The van der Waals surface area contributed by atoms with E-state index >= 15 is 0 Å². The number of carbonyl (C=O) groups is 1. The molecule has 0 aliphatic carbocycles. The van der Waals surface area contributed by atoms with Crippen LogP contribution in [-0.2, 0) is 16.4 Å². The van der Waals surface area contributed by atoms with E-state index in [1.165, 1.54) is 42.5 Å². The van der Waals surface area contributed by atoms with Crippen molar-refractivity contribution in [1.82, 2.24) is 15.1 Å². The first-order valence-electron chi connectivity index (χ1n) is 11.0. The van der Waals surface area contributed by atoms with E-state index in [4.69, 9.17) is 0 Å². The van der Waals surface area contributed by atoms with Crippen molar-refractivity contribution in [3.05, 3.63) is 107 Å². The molecule has 4 aromatic rings. The molecule has 0 saturated carbocycles. The van der Waals surface area contributed by atoms with Crippen LogP contribution in [0.15, 0.2) is 83.8 Å². The Balaban J connectivity index is 1.37. The standard InChI is InChI=1S/C26H25FN4O3S/c1-18-16-19(2)31(29-18)22-12-10-20(11-13-22)14-15-28-26(32)21-6-5-7-23(17-21)35(33,34)30-25-9-4-3-8-24(25)27/h3-13,16-17,30H,14-15H2,1-2H3,(H,28,32). The number of nitrogens with zero attached hydrogens (tertiary/aromatic N) is 2. The first-order valence-corrected chi connectivity index (χ1v) is 12.5. The lowest BCUT2D eigenvalue weighted by Gasteiger charge is -2.11. The summed E-state index contributed by atoms with van der Waals surface area (Å²) in [7, 11) is -4.06. The second-order valence-corrected chi connectivity index (χ2v) is 9.81. The van der Waals surface area contributed by atoms with Gasteiger partial charge in [-0.3, -0.25) is 9.52 Å². The molecule has 0 aliphatic heterocycles. The zero-order valence-electron chi connectivity index (χ0n) is 19.3. The number of halogens is 1. The molecular weight excluding hydrogens is 467 g/mol. The van der Waals surface area contributed by atoms with E-state index in [1.807, 2.05) is 48.9 Å². The minimum absolute atomic E-state index is 0.131. The Bertz CT molecular complexity index is 1460. The summed E-state index contributed by atoms with van der Waals surface area (Å²) >= 11 is 0. The maximum atomic E-state index is 13.9. The zero-order valence-corrected chi connectivity index (χ0v) is 20.1. The van der Waals surface area contributed by atoms with Crippen molar-refractivity contribution in [1.29, 1.82) is 0 Å². The molecule has 0 spiro atoms. The van der Waals surface area contributed by atoms with Crippen molar-refractivity contribution < 1.29 is 17.6 Å². The van der Waals surface area contributed by atoms with Crippen molar-refractivity contribution in [3.63, 3.8) is 0 Å². The Hall–Kier alpha value is -3.98. The smallest absolute Gasteiger partial charge is 0.262 e. The summed E-state index contributed by atoms with van der Waals surface area (Å²) in [6.07, 6.45) is 0.607. The maximum absolute atomic E-state index is 13.9. The Morgan fingerprint density at radius 2 is 1.71 bits per heavy atom. The van der Waals surface area contributed by atoms with E-state index in [1.54, 1.807) is 0 Å². The summed E-state index contributed by atoms with van der Waals surface area (Å²) in [5.74, 6) is -1.08. The molecule has 7 nitrogen and oxygen atoms in total. The van der Waals surface area contributed by atoms with Crippen molar-refractivity contribution >= 4 is 21.6 Å². The van der Waals surface area contributed by atoms with Crippen LogP contribution in [0.4, 0.5) is 10.1 Å². The van der Waals surface area contributed by atoms with Crippen LogP contribution in [0, 0.1) is 19.7 Å². The van der Waals surface area contributed by atoms with Gasteiger partial charge in [-0.2, -0.15) is 5.10 Å². The molecule has 2 N–H and O–H groups in total. The largest absolute Gasteiger partial charge is 0.352 e. The molecule has 3 aromatic carbocycles. The van der Waals surface area contributed by atoms with Gasteiger partial charge < -0.3 is 5.32 Å². The second-order valence-electron chi connectivity index (χ2n) is 8.12. The number of hydrogen-bond donors (Lipinski definition) is 2. The van der Waals surface area contributed by atoms with E-state index < -0.39 is 21.7 Å². The minimum Gasteiger partial charge on any atom is -0.352 e. The van der Waals surface area contributed by atoms with Gasteiger partial charge in [0.1, 0.15) is 5.82 Å². The lowest BCUT2D eigenvalue weighted by molar-refractivity contribution is 0.0954.